The summed E-state index contributed by atoms with van der Waals surface area (Å²) in [6.07, 6.45) is 4.74. The maximum atomic E-state index is 12.6. The van der Waals surface area contributed by atoms with Crippen molar-refractivity contribution in [3.8, 4) is 5.75 Å². The topological polar surface area (TPSA) is 76.1 Å². The number of thioether (sulfide) groups is 1. The first-order chi connectivity index (χ1) is 13.6. The number of hydrogen-bond donors (Lipinski definition) is 2. The van der Waals surface area contributed by atoms with E-state index in [1.807, 2.05) is 38.1 Å². The van der Waals surface area contributed by atoms with Gasteiger partial charge >= 0.3 is 0 Å². The molecule has 0 saturated heterocycles. The van der Waals surface area contributed by atoms with E-state index >= 15 is 0 Å². The first-order valence-electron chi connectivity index (χ1n) is 9.86. The highest BCUT2D eigenvalue weighted by molar-refractivity contribution is 8.02. The highest BCUT2D eigenvalue weighted by atomic mass is 32.2. The second kappa shape index (κ2) is 10.1. The summed E-state index contributed by atoms with van der Waals surface area (Å²) in [5.41, 5.74) is 0.856. The third kappa shape index (κ3) is 5.61. The van der Waals surface area contributed by atoms with Crippen molar-refractivity contribution in [3.05, 3.63) is 24.3 Å². The van der Waals surface area contributed by atoms with Crippen LogP contribution < -0.4 is 15.4 Å². The van der Waals surface area contributed by atoms with Crippen LogP contribution in [0.1, 0.15) is 46.5 Å². The van der Waals surface area contributed by atoms with Gasteiger partial charge in [0.15, 0.2) is 4.34 Å². The zero-order valence-corrected chi connectivity index (χ0v) is 18.2. The first-order valence-corrected chi connectivity index (χ1v) is 11.6. The van der Waals surface area contributed by atoms with Crippen molar-refractivity contribution in [1.82, 2.24) is 15.5 Å². The molecular weight excluding hydrogens is 392 g/mol. The van der Waals surface area contributed by atoms with E-state index in [0.717, 1.165) is 22.2 Å². The fourth-order valence-corrected chi connectivity index (χ4v) is 5.23. The van der Waals surface area contributed by atoms with Crippen LogP contribution >= 0.6 is 23.1 Å². The third-order valence-corrected chi connectivity index (χ3v) is 6.94. The van der Waals surface area contributed by atoms with E-state index in [-0.39, 0.29) is 11.2 Å². The number of carbonyl (C=O) groups excluding carboxylic acids is 1. The van der Waals surface area contributed by atoms with Gasteiger partial charge < -0.3 is 15.4 Å². The molecule has 2 aromatic rings. The predicted octanol–water partition coefficient (Wildman–Crippen LogP) is 4.86. The molecule has 1 aliphatic carbocycles. The van der Waals surface area contributed by atoms with Crippen LogP contribution in [0.2, 0.25) is 0 Å². The average Bonchev–Trinajstić information content (AvgIpc) is 3.12. The van der Waals surface area contributed by atoms with E-state index in [4.69, 9.17) is 4.74 Å². The molecule has 152 valence electrons. The first kappa shape index (κ1) is 20.9. The molecule has 1 amide bonds. The molecule has 1 aliphatic rings. The van der Waals surface area contributed by atoms with Gasteiger partial charge in [-0.05, 0) is 44.7 Å². The normalized spacial score (nSPS) is 20.4. The Hall–Kier alpha value is -1.80. The molecule has 2 N–H and O–H groups in total. The monoisotopic (exact) mass is 420 g/mol. The zero-order chi connectivity index (χ0) is 19.9. The summed E-state index contributed by atoms with van der Waals surface area (Å²) in [6, 6.07) is 8.04. The lowest BCUT2D eigenvalue weighted by molar-refractivity contribution is -0.121. The summed E-state index contributed by atoms with van der Waals surface area (Å²) in [6.45, 7) is 6.70. The highest BCUT2D eigenvalue weighted by Crippen LogP contribution is 2.33. The van der Waals surface area contributed by atoms with Gasteiger partial charge in [0.1, 0.15) is 5.75 Å². The van der Waals surface area contributed by atoms with Crippen molar-refractivity contribution in [2.75, 3.05) is 11.9 Å². The minimum atomic E-state index is -0.203. The van der Waals surface area contributed by atoms with Gasteiger partial charge in [0, 0.05) is 6.04 Å². The number of hydrogen-bond acceptors (Lipinski definition) is 7. The van der Waals surface area contributed by atoms with Crippen LogP contribution in [0.15, 0.2) is 28.6 Å². The Labute approximate surface area is 174 Å². The lowest BCUT2D eigenvalue weighted by Crippen LogP contribution is -2.44. The molecular formula is C20H28N4O2S2. The van der Waals surface area contributed by atoms with Gasteiger partial charge in [0.2, 0.25) is 11.0 Å². The Balaban J connectivity index is 1.56. The number of carbonyl (C=O) groups is 1. The maximum absolute atomic E-state index is 12.6. The van der Waals surface area contributed by atoms with E-state index < -0.39 is 0 Å². The number of anilines is 2. The summed E-state index contributed by atoms with van der Waals surface area (Å²) < 4.78 is 6.40. The SMILES string of the molecule is CCOc1ccccc1Nc1nnc(SC(C)C(=O)NC2CCCCC2C)s1. The van der Waals surface area contributed by atoms with Gasteiger partial charge in [-0.1, -0.05) is 55.0 Å². The van der Waals surface area contributed by atoms with Gasteiger partial charge in [-0.25, -0.2) is 0 Å². The number of ether oxygens (including phenoxy) is 1. The Morgan fingerprint density at radius 2 is 2.11 bits per heavy atom. The molecule has 1 aromatic heterocycles. The number of nitrogens with one attached hydrogen (secondary N) is 2. The molecule has 6 nitrogen and oxygen atoms in total. The van der Waals surface area contributed by atoms with Crippen LogP contribution in [-0.2, 0) is 4.79 Å². The molecule has 0 aliphatic heterocycles. The summed E-state index contributed by atoms with van der Waals surface area (Å²) >= 11 is 2.89. The van der Waals surface area contributed by atoms with E-state index in [1.165, 1.54) is 42.4 Å². The summed E-state index contributed by atoms with van der Waals surface area (Å²) in [4.78, 5) is 12.6. The van der Waals surface area contributed by atoms with E-state index in [0.29, 0.717) is 23.7 Å². The van der Waals surface area contributed by atoms with Crippen LogP contribution in [0.25, 0.3) is 0 Å². The van der Waals surface area contributed by atoms with Gasteiger partial charge in [0.25, 0.3) is 0 Å². The third-order valence-electron chi connectivity index (χ3n) is 4.92. The molecule has 8 heteroatoms. The summed E-state index contributed by atoms with van der Waals surface area (Å²) in [5, 5.41) is 15.4. The fraction of sp³-hybridized carbons (Fsp3) is 0.550. The quantitative estimate of drug-likeness (QED) is 0.594. The smallest absolute Gasteiger partial charge is 0.233 e. The van der Waals surface area contributed by atoms with Crippen LogP contribution in [0, 0.1) is 5.92 Å². The Kier molecular flexibility index (Phi) is 7.56. The summed E-state index contributed by atoms with van der Waals surface area (Å²) in [5.74, 6) is 1.41. The van der Waals surface area contributed by atoms with Gasteiger partial charge in [-0.2, -0.15) is 0 Å². The molecule has 3 atom stereocenters. The molecule has 3 unspecified atom stereocenters. The Bertz CT molecular complexity index is 783. The van der Waals surface area contributed by atoms with E-state index in [2.05, 4.69) is 27.8 Å². The van der Waals surface area contributed by atoms with Crippen LogP contribution in [-0.4, -0.2) is 34.0 Å². The molecule has 0 spiro atoms. The van der Waals surface area contributed by atoms with Gasteiger partial charge in [-0.3, -0.25) is 4.79 Å². The van der Waals surface area contributed by atoms with Crippen molar-refractivity contribution in [3.63, 3.8) is 0 Å². The van der Waals surface area contributed by atoms with Crippen molar-refractivity contribution < 1.29 is 9.53 Å². The molecule has 28 heavy (non-hydrogen) atoms. The average molecular weight is 421 g/mol. The van der Waals surface area contributed by atoms with Crippen LogP contribution in [0.5, 0.6) is 5.75 Å². The van der Waals surface area contributed by atoms with Crippen molar-refractivity contribution >= 4 is 39.8 Å². The molecule has 3 rings (SSSR count). The van der Waals surface area contributed by atoms with Crippen molar-refractivity contribution in [1.29, 1.82) is 0 Å². The number of nitrogens with zero attached hydrogens (tertiary/aromatic N) is 2. The van der Waals surface area contributed by atoms with E-state index in [1.54, 1.807) is 0 Å². The number of rotatable bonds is 8. The molecule has 1 saturated carbocycles. The minimum Gasteiger partial charge on any atom is -0.492 e. The Morgan fingerprint density at radius 3 is 2.89 bits per heavy atom. The highest BCUT2D eigenvalue weighted by Gasteiger charge is 2.25. The Morgan fingerprint density at radius 1 is 1.32 bits per heavy atom. The zero-order valence-electron chi connectivity index (χ0n) is 16.6. The standard InChI is InChI=1S/C20H28N4O2S2/c1-4-26-17-12-8-7-11-16(17)22-19-23-24-20(28-19)27-14(3)18(25)21-15-10-6-5-9-13(15)2/h7-8,11-15H,4-6,9-10H2,1-3H3,(H,21,25)(H,22,23). The number of benzene rings is 1. The second-order valence-electron chi connectivity index (χ2n) is 7.06. The largest absolute Gasteiger partial charge is 0.492 e. The lowest BCUT2D eigenvalue weighted by atomic mass is 9.86. The van der Waals surface area contributed by atoms with Gasteiger partial charge in [-0.15, -0.1) is 10.2 Å². The second-order valence-corrected chi connectivity index (χ2v) is 9.63. The molecule has 0 bridgehead atoms. The number of para-hydroxylation sites is 2. The predicted molar refractivity (Wildman–Crippen MR) is 116 cm³/mol. The molecule has 1 aromatic carbocycles. The van der Waals surface area contributed by atoms with Crippen LogP contribution in [0.4, 0.5) is 10.8 Å². The lowest BCUT2D eigenvalue weighted by Gasteiger charge is -2.30. The van der Waals surface area contributed by atoms with E-state index in [9.17, 15) is 4.79 Å². The van der Waals surface area contributed by atoms with Crippen molar-refractivity contribution in [2.24, 2.45) is 5.92 Å². The number of aromatic nitrogens is 2. The van der Waals surface area contributed by atoms with Crippen molar-refractivity contribution in [2.45, 2.75) is 62.1 Å². The molecule has 1 fully saturated rings. The van der Waals surface area contributed by atoms with Gasteiger partial charge in [0.05, 0.1) is 17.5 Å². The molecule has 1 heterocycles. The minimum absolute atomic E-state index is 0.0788. The number of amides is 1. The fourth-order valence-electron chi connectivity index (χ4n) is 3.31. The van der Waals surface area contributed by atoms with Crippen LogP contribution in [0.3, 0.4) is 0 Å². The molecule has 0 radical (unpaired) electrons. The summed E-state index contributed by atoms with van der Waals surface area (Å²) in [7, 11) is 0. The maximum Gasteiger partial charge on any atom is 0.233 e.